The minimum atomic E-state index is -0.0429. The van der Waals surface area contributed by atoms with E-state index < -0.39 is 0 Å². The van der Waals surface area contributed by atoms with Crippen molar-refractivity contribution in [2.45, 2.75) is 5.92 Å². The van der Waals surface area contributed by atoms with Gasteiger partial charge in [0.15, 0.2) is 0 Å². The summed E-state index contributed by atoms with van der Waals surface area (Å²) in [6.45, 7) is 0.459. The van der Waals surface area contributed by atoms with Gasteiger partial charge in [-0.15, -0.1) is 0 Å². The van der Waals surface area contributed by atoms with Gasteiger partial charge in [-0.25, -0.2) is 0 Å². The quantitative estimate of drug-likeness (QED) is 0.748. The average molecular weight is 186 g/mol. The maximum absolute atomic E-state index is 8.97. The van der Waals surface area contributed by atoms with Gasteiger partial charge in [0.1, 0.15) is 0 Å². The number of rotatable bonds is 3. The van der Waals surface area contributed by atoms with E-state index in [1.807, 2.05) is 18.2 Å². The van der Waals surface area contributed by atoms with Gasteiger partial charge in [-0.2, -0.15) is 0 Å². The highest BCUT2D eigenvalue weighted by atomic mass is 35.5. The van der Waals surface area contributed by atoms with Crippen molar-refractivity contribution >= 4 is 11.6 Å². The molecule has 0 bridgehead atoms. The van der Waals surface area contributed by atoms with Crippen molar-refractivity contribution in [3.05, 3.63) is 34.9 Å². The Morgan fingerprint density at radius 2 is 2.08 bits per heavy atom. The predicted molar refractivity (Wildman–Crippen MR) is 50.3 cm³/mol. The fraction of sp³-hybridized carbons (Fsp3) is 0.333. The molecule has 0 heterocycles. The Labute approximate surface area is 77.0 Å². The van der Waals surface area contributed by atoms with Crippen LogP contribution in [-0.4, -0.2) is 18.3 Å². The Kier molecular flexibility index (Phi) is 3.53. The number of nitrogens with two attached hydrogens (primary N) is 1. The fourth-order valence-corrected chi connectivity index (χ4v) is 1.40. The minimum absolute atomic E-state index is 0.0419. The third-order valence-corrected chi connectivity index (χ3v) is 2.19. The van der Waals surface area contributed by atoms with Crippen molar-refractivity contribution in [3.8, 4) is 0 Å². The first-order valence-electron chi connectivity index (χ1n) is 3.85. The normalized spacial score (nSPS) is 12.9. The van der Waals surface area contributed by atoms with Crippen molar-refractivity contribution < 1.29 is 5.11 Å². The van der Waals surface area contributed by atoms with Crippen molar-refractivity contribution in [2.75, 3.05) is 13.2 Å². The molecule has 0 unspecified atom stereocenters. The topological polar surface area (TPSA) is 46.2 Å². The second-order valence-electron chi connectivity index (χ2n) is 2.64. The van der Waals surface area contributed by atoms with E-state index >= 15 is 0 Å². The molecule has 0 spiro atoms. The molecule has 1 aromatic rings. The lowest BCUT2D eigenvalue weighted by Gasteiger charge is -2.12. The van der Waals surface area contributed by atoms with Gasteiger partial charge in [0.25, 0.3) is 0 Å². The maximum atomic E-state index is 8.97. The van der Waals surface area contributed by atoms with Crippen molar-refractivity contribution in [1.29, 1.82) is 0 Å². The van der Waals surface area contributed by atoms with Gasteiger partial charge in [0, 0.05) is 17.5 Å². The summed E-state index contributed by atoms with van der Waals surface area (Å²) in [4.78, 5) is 0. The van der Waals surface area contributed by atoms with Gasteiger partial charge in [-0.1, -0.05) is 29.8 Å². The molecule has 2 nitrogen and oxygen atoms in total. The Bertz CT molecular complexity index is 248. The molecule has 0 aliphatic carbocycles. The van der Waals surface area contributed by atoms with E-state index in [0.29, 0.717) is 11.6 Å². The molecule has 0 aliphatic heterocycles. The Balaban J connectivity index is 2.92. The first-order chi connectivity index (χ1) is 5.79. The first kappa shape index (κ1) is 9.52. The lowest BCUT2D eigenvalue weighted by molar-refractivity contribution is 0.268. The molecule has 3 N–H and O–H groups in total. The van der Waals surface area contributed by atoms with Crippen LogP contribution < -0.4 is 5.73 Å². The summed E-state index contributed by atoms with van der Waals surface area (Å²) in [5.74, 6) is -0.0429. The molecule has 0 saturated carbocycles. The number of benzene rings is 1. The molecule has 0 aromatic heterocycles. The molecule has 12 heavy (non-hydrogen) atoms. The molecule has 0 amide bonds. The fourth-order valence-electron chi connectivity index (χ4n) is 1.11. The Morgan fingerprint density at radius 3 is 2.58 bits per heavy atom. The number of aliphatic hydroxyl groups excluding tert-OH is 1. The molecule has 1 aromatic carbocycles. The summed E-state index contributed by atoms with van der Waals surface area (Å²) in [6.07, 6.45) is 0. The van der Waals surface area contributed by atoms with Crippen LogP contribution >= 0.6 is 11.6 Å². The number of hydrogen-bond donors (Lipinski definition) is 2. The summed E-state index contributed by atoms with van der Waals surface area (Å²) in [5.41, 5.74) is 6.39. The number of hydrogen-bond acceptors (Lipinski definition) is 2. The third-order valence-electron chi connectivity index (χ3n) is 1.85. The second kappa shape index (κ2) is 4.45. The summed E-state index contributed by atoms with van der Waals surface area (Å²) in [7, 11) is 0. The van der Waals surface area contributed by atoms with E-state index in [1.165, 1.54) is 0 Å². The van der Waals surface area contributed by atoms with Crippen LogP contribution in [0.15, 0.2) is 24.3 Å². The van der Waals surface area contributed by atoms with Crippen LogP contribution in [0, 0.1) is 0 Å². The lowest BCUT2D eigenvalue weighted by Crippen LogP contribution is -2.16. The van der Waals surface area contributed by atoms with Gasteiger partial charge in [-0.3, -0.25) is 0 Å². The van der Waals surface area contributed by atoms with E-state index in [4.69, 9.17) is 22.4 Å². The van der Waals surface area contributed by atoms with E-state index in [9.17, 15) is 0 Å². The highest BCUT2D eigenvalue weighted by Crippen LogP contribution is 2.22. The van der Waals surface area contributed by atoms with Gasteiger partial charge < -0.3 is 10.8 Å². The first-order valence-corrected chi connectivity index (χ1v) is 4.22. The summed E-state index contributed by atoms with van der Waals surface area (Å²) in [6, 6.07) is 7.43. The van der Waals surface area contributed by atoms with Gasteiger partial charge in [0.05, 0.1) is 6.61 Å². The second-order valence-corrected chi connectivity index (χ2v) is 3.04. The molecule has 0 fully saturated rings. The lowest BCUT2D eigenvalue weighted by atomic mass is 10.0. The zero-order chi connectivity index (χ0) is 8.97. The average Bonchev–Trinajstić information content (AvgIpc) is 2.10. The van der Waals surface area contributed by atoms with Crippen LogP contribution in [0.25, 0.3) is 0 Å². The van der Waals surface area contributed by atoms with Gasteiger partial charge in [0.2, 0.25) is 0 Å². The van der Waals surface area contributed by atoms with Crippen LogP contribution in [-0.2, 0) is 0 Å². The molecule has 0 aliphatic rings. The molecule has 66 valence electrons. The largest absolute Gasteiger partial charge is 0.396 e. The van der Waals surface area contributed by atoms with E-state index in [2.05, 4.69) is 0 Å². The zero-order valence-electron chi connectivity index (χ0n) is 6.70. The molecular formula is C9H12ClNO. The van der Waals surface area contributed by atoms with E-state index in [-0.39, 0.29) is 12.5 Å². The van der Waals surface area contributed by atoms with Crippen LogP contribution in [0.4, 0.5) is 0 Å². The molecule has 3 heteroatoms. The highest BCUT2D eigenvalue weighted by molar-refractivity contribution is 6.31. The van der Waals surface area contributed by atoms with Crippen LogP contribution in [0.1, 0.15) is 11.5 Å². The van der Waals surface area contributed by atoms with Crippen LogP contribution in [0.3, 0.4) is 0 Å². The summed E-state index contributed by atoms with van der Waals surface area (Å²) >= 11 is 5.91. The minimum Gasteiger partial charge on any atom is -0.396 e. The van der Waals surface area contributed by atoms with Crippen molar-refractivity contribution in [1.82, 2.24) is 0 Å². The van der Waals surface area contributed by atoms with Crippen molar-refractivity contribution in [3.63, 3.8) is 0 Å². The molecule has 0 saturated heterocycles. The smallest absolute Gasteiger partial charge is 0.0512 e. The highest BCUT2D eigenvalue weighted by Gasteiger charge is 2.10. The third kappa shape index (κ3) is 1.97. The van der Waals surface area contributed by atoms with Crippen LogP contribution in [0.2, 0.25) is 5.02 Å². The van der Waals surface area contributed by atoms with E-state index in [0.717, 1.165) is 5.56 Å². The maximum Gasteiger partial charge on any atom is 0.0512 e. The summed E-state index contributed by atoms with van der Waals surface area (Å²) in [5, 5.41) is 9.63. The van der Waals surface area contributed by atoms with Gasteiger partial charge >= 0.3 is 0 Å². The van der Waals surface area contributed by atoms with Crippen LogP contribution in [0.5, 0.6) is 0 Å². The zero-order valence-corrected chi connectivity index (χ0v) is 7.46. The SMILES string of the molecule is NC[C@@H](CO)c1ccccc1Cl. The number of aliphatic hydroxyl groups is 1. The Morgan fingerprint density at radius 1 is 1.42 bits per heavy atom. The predicted octanol–water partition coefficient (Wildman–Crippen LogP) is 1.37. The Hall–Kier alpha value is -0.570. The van der Waals surface area contributed by atoms with Crippen molar-refractivity contribution in [2.24, 2.45) is 5.73 Å². The molecule has 0 radical (unpaired) electrons. The standard InChI is InChI=1S/C9H12ClNO/c10-9-4-2-1-3-8(9)7(5-11)6-12/h1-4,7,12H,5-6,11H2/t7-/m0/s1. The monoisotopic (exact) mass is 185 g/mol. The summed E-state index contributed by atoms with van der Waals surface area (Å²) < 4.78 is 0. The number of halogens is 1. The molecule has 1 atom stereocenters. The molecular weight excluding hydrogens is 174 g/mol. The van der Waals surface area contributed by atoms with Gasteiger partial charge in [-0.05, 0) is 11.6 Å². The molecule has 1 rings (SSSR count). The van der Waals surface area contributed by atoms with E-state index in [1.54, 1.807) is 6.07 Å².